The molecule has 140 valence electrons. The van der Waals surface area contributed by atoms with Crippen LogP contribution in [0.1, 0.15) is 17.5 Å². The van der Waals surface area contributed by atoms with Gasteiger partial charge in [0, 0.05) is 18.6 Å². The number of likely N-dealkylation sites (N-methyl/N-ethyl adjacent to an activating group) is 1. The molecule has 1 fully saturated rings. The quantitative estimate of drug-likeness (QED) is 0.778. The largest absolute Gasteiger partial charge is 0.403 e. The molecule has 1 saturated heterocycles. The molecule has 0 unspecified atom stereocenters. The lowest BCUT2D eigenvalue weighted by Crippen LogP contribution is -2.53. The highest BCUT2D eigenvalue weighted by Crippen LogP contribution is 2.42. The summed E-state index contributed by atoms with van der Waals surface area (Å²) in [5, 5.41) is 3.80. The maximum Gasteiger partial charge on any atom is 0.185 e. The van der Waals surface area contributed by atoms with E-state index in [4.69, 9.17) is 4.43 Å². The highest BCUT2D eigenvalue weighted by atomic mass is 28.4. The van der Waals surface area contributed by atoms with Crippen molar-refractivity contribution < 1.29 is 4.43 Å². The third kappa shape index (κ3) is 3.94. The van der Waals surface area contributed by atoms with Crippen molar-refractivity contribution in [2.24, 2.45) is 0 Å². The van der Waals surface area contributed by atoms with E-state index in [9.17, 15) is 0 Å². The van der Waals surface area contributed by atoms with Gasteiger partial charge in [-0.25, -0.2) is 0 Å². The summed E-state index contributed by atoms with van der Waals surface area (Å²) in [7, 11) is 2.51. The van der Waals surface area contributed by atoms with Crippen LogP contribution in [0.5, 0.6) is 0 Å². The number of hydrogen-bond donors (Lipinski definition) is 1. The zero-order chi connectivity index (χ0) is 18.8. The number of nitrogens with zero attached hydrogens (tertiary/aromatic N) is 1. The first-order chi connectivity index (χ1) is 12.3. The third-order valence-corrected chi connectivity index (χ3v) is 6.14. The molecular weight excluding hydrogens is 336 g/mol. The second-order valence-corrected chi connectivity index (χ2v) is 12.9. The van der Waals surface area contributed by atoms with Gasteiger partial charge < -0.3 is 14.6 Å². The fourth-order valence-corrected chi connectivity index (χ4v) is 5.38. The van der Waals surface area contributed by atoms with Gasteiger partial charge in [-0.2, -0.15) is 0 Å². The van der Waals surface area contributed by atoms with Gasteiger partial charge in [0.1, 0.15) is 5.60 Å². The summed E-state index contributed by atoms with van der Waals surface area (Å²) in [6.07, 6.45) is 1.07. The van der Waals surface area contributed by atoms with Gasteiger partial charge >= 0.3 is 0 Å². The molecule has 3 nitrogen and oxygen atoms in total. The van der Waals surface area contributed by atoms with Crippen LogP contribution >= 0.6 is 0 Å². The Kier molecular flexibility index (Phi) is 5.68. The average Bonchev–Trinajstić information content (AvgIpc) is 3.11. The van der Waals surface area contributed by atoms with Gasteiger partial charge in [0.25, 0.3) is 0 Å². The maximum absolute atomic E-state index is 7.07. The van der Waals surface area contributed by atoms with Crippen LogP contribution in [0, 0.1) is 0 Å². The molecule has 26 heavy (non-hydrogen) atoms. The smallest absolute Gasteiger partial charge is 0.185 e. The molecule has 1 aliphatic heterocycles. The van der Waals surface area contributed by atoms with E-state index in [0.717, 1.165) is 13.0 Å². The average molecular weight is 369 g/mol. The van der Waals surface area contributed by atoms with Crippen LogP contribution in [0.2, 0.25) is 19.6 Å². The number of benzene rings is 2. The number of rotatable bonds is 6. The zero-order valence-corrected chi connectivity index (χ0v) is 17.7. The van der Waals surface area contributed by atoms with Crippen molar-refractivity contribution in [3.8, 4) is 0 Å². The van der Waals surface area contributed by atoms with Gasteiger partial charge in [-0.15, -0.1) is 0 Å². The number of nitrogens with one attached hydrogen (secondary N) is 1. The Morgan fingerprint density at radius 2 is 1.42 bits per heavy atom. The minimum Gasteiger partial charge on any atom is -0.403 e. The summed E-state index contributed by atoms with van der Waals surface area (Å²) in [5.74, 6) is 0. The van der Waals surface area contributed by atoms with Gasteiger partial charge in [0.05, 0.1) is 0 Å². The molecule has 2 aromatic rings. The molecule has 1 N–H and O–H groups in total. The molecule has 0 saturated carbocycles. The predicted molar refractivity (Wildman–Crippen MR) is 112 cm³/mol. The summed E-state index contributed by atoms with van der Waals surface area (Å²) in [6, 6.07) is 22.3. The lowest BCUT2D eigenvalue weighted by molar-refractivity contribution is 0.0617. The Labute approximate surface area is 159 Å². The summed E-state index contributed by atoms with van der Waals surface area (Å²) >= 11 is 0. The van der Waals surface area contributed by atoms with Crippen LogP contribution < -0.4 is 5.32 Å². The molecule has 0 aromatic heterocycles. The van der Waals surface area contributed by atoms with Crippen LogP contribution in [0.4, 0.5) is 0 Å². The van der Waals surface area contributed by atoms with Crippen molar-refractivity contribution in [1.82, 2.24) is 10.2 Å². The molecule has 0 radical (unpaired) electrons. The zero-order valence-electron chi connectivity index (χ0n) is 16.7. The van der Waals surface area contributed by atoms with Crippen molar-refractivity contribution in [1.29, 1.82) is 0 Å². The highest BCUT2D eigenvalue weighted by Gasteiger charge is 2.48. The van der Waals surface area contributed by atoms with Gasteiger partial charge in [0.15, 0.2) is 8.32 Å². The lowest BCUT2D eigenvalue weighted by atomic mass is 9.79. The van der Waals surface area contributed by atoms with E-state index in [1.165, 1.54) is 11.1 Å². The first-order valence-electron chi connectivity index (χ1n) is 9.54. The van der Waals surface area contributed by atoms with E-state index in [0.29, 0.717) is 6.04 Å². The summed E-state index contributed by atoms with van der Waals surface area (Å²) in [4.78, 5) is 2.32. The fourth-order valence-electron chi connectivity index (χ4n) is 4.03. The Morgan fingerprint density at radius 1 is 0.923 bits per heavy atom. The summed E-state index contributed by atoms with van der Waals surface area (Å²) in [6.45, 7) is 7.85. The predicted octanol–water partition coefficient (Wildman–Crippen LogP) is 4.07. The lowest BCUT2D eigenvalue weighted by Gasteiger charge is -2.44. The molecule has 0 bridgehead atoms. The van der Waals surface area contributed by atoms with Crippen LogP contribution in [-0.2, 0) is 10.0 Å². The SMILES string of the molecule is CN(C)[C@H]1CN[C@H](C(O[Si](C)(C)C)(c2ccccc2)c2ccccc2)C1. The van der Waals surface area contributed by atoms with Gasteiger partial charge in [-0.3, -0.25) is 0 Å². The van der Waals surface area contributed by atoms with Gasteiger partial charge in [-0.1, -0.05) is 60.7 Å². The Balaban J connectivity index is 2.16. The first-order valence-corrected chi connectivity index (χ1v) is 12.9. The van der Waals surface area contributed by atoms with E-state index >= 15 is 0 Å². The minimum absolute atomic E-state index is 0.242. The molecule has 1 aliphatic rings. The van der Waals surface area contributed by atoms with Crippen LogP contribution in [0.25, 0.3) is 0 Å². The summed E-state index contributed by atoms with van der Waals surface area (Å²) in [5.41, 5.74) is 2.02. The molecule has 2 aromatic carbocycles. The van der Waals surface area contributed by atoms with Crippen molar-refractivity contribution in [3.05, 3.63) is 71.8 Å². The van der Waals surface area contributed by atoms with Crippen LogP contribution in [-0.4, -0.2) is 45.9 Å². The molecular formula is C22H32N2OSi. The Hall–Kier alpha value is -1.46. The standard InChI is InChI=1S/C22H32N2OSi/c1-24(2)20-16-21(23-17-20)22(25-26(3,4)5,18-12-8-6-9-13-18)19-14-10-7-11-15-19/h6-15,20-21,23H,16-17H2,1-5H3/t20-,21+/m1/s1. The highest BCUT2D eigenvalue weighted by molar-refractivity contribution is 6.69. The second kappa shape index (κ2) is 7.65. The van der Waals surface area contributed by atoms with Gasteiger partial charge in [-0.05, 0) is 51.3 Å². The summed E-state index contributed by atoms with van der Waals surface area (Å²) < 4.78 is 7.07. The van der Waals surface area contributed by atoms with E-state index in [1.807, 2.05) is 0 Å². The fraction of sp³-hybridized carbons (Fsp3) is 0.455. The first kappa shape index (κ1) is 19.3. The second-order valence-electron chi connectivity index (χ2n) is 8.50. The molecule has 1 heterocycles. The van der Waals surface area contributed by atoms with Crippen LogP contribution in [0.3, 0.4) is 0 Å². The van der Waals surface area contributed by atoms with Crippen molar-refractivity contribution in [2.75, 3.05) is 20.6 Å². The molecule has 0 aliphatic carbocycles. The van der Waals surface area contributed by atoms with E-state index in [2.05, 4.69) is 105 Å². The maximum atomic E-state index is 7.07. The molecule has 4 heteroatoms. The molecule has 3 rings (SSSR count). The van der Waals surface area contributed by atoms with E-state index in [1.54, 1.807) is 0 Å². The minimum atomic E-state index is -1.83. The molecule has 2 atom stereocenters. The normalized spacial score (nSPS) is 21.3. The molecule has 0 spiro atoms. The van der Waals surface area contributed by atoms with Crippen molar-refractivity contribution in [3.63, 3.8) is 0 Å². The monoisotopic (exact) mass is 368 g/mol. The topological polar surface area (TPSA) is 24.5 Å². The van der Waals surface area contributed by atoms with Crippen molar-refractivity contribution in [2.45, 2.75) is 43.7 Å². The van der Waals surface area contributed by atoms with E-state index < -0.39 is 13.9 Å². The number of hydrogen-bond acceptors (Lipinski definition) is 3. The third-order valence-electron chi connectivity index (χ3n) is 5.20. The van der Waals surface area contributed by atoms with Crippen LogP contribution in [0.15, 0.2) is 60.7 Å². The van der Waals surface area contributed by atoms with Crippen molar-refractivity contribution >= 4 is 8.32 Å². The Bertz CT molecular complexity index is 658. The Morgan fingerprint density at radius 3 is 1.81 bits per heavy atom. The molecule has 0 amide bonds. The van der Waals surface area contributed by atoms with Gasteiger partial charge in [0.2, 0.25) is 0 Å². The van der Waals surface area contributed by atoms with E-state index in [-0.39, 0.29) is 6.04 Å².